The van der Waals surface area contributed by atoms with E-state index in [1.807, 2.05) is 92.7 Å². The number of ether oxygens (including phenoxy) is 7. The molecule has 23 heteroatoms. The van der Waals surface area contributed by atoms with E-state index in [4.69, 9.17) is 44.8 Å². The molecule has 2 saturated heterocycles. The minimum Gasteiger partial charge on any atom is -0.493 e. The molecule has 1 spiro atoms. The topological polar surface area (TPSA) is 258 Å². The number of benzene rings is 5. The Labute approximate surface area is 546 Å². The Morgan fingerprint density at radius 3 is 2.18 bits per heavy atom. The van der Waals surface area contributed by atoms with Gasteiger partial charge in [0, 0.05) is 122 Å². The molecule has 0 radical (unpaired) electrons. The first-order valence-corrected chi connectivity index (χ1v) is 32.5. The van der Waals surface area contributed by atoms with Crippen molar-refractivity contribution >= 4 is 86.1 Å². The van der Waals surface area contributed by atoms with Gasteiger partial charge in [-0.15, -0.1) is 11.6 Å². The van der Waals surface area contributed by atoms with Crippen LogP contribution in [0.3, 0.4) is 0 Å². The molecule has 2 fully saturated rings. The van der Waals surface area contributed by atoms with E-state index in [-0.39, 0.29) is 126 Å². The van der Waals surface area contributed by atoms with Crippen LogP contribution in [-0.2, 0) is 49.5 Å². The third-order valence-electron chi connectivity index (χ3n) is 17.5. The fourth-order valence-corrected chi connectivity index (χ4v) is 12.6. The van der Waals surface area contributed by atoms with Crippen molar-refractivity contribution in [1.29, 1.82) is 0 Å². The molecule has 1 unspecified atom stereocenters. The third-order valence-corrected chi connectivity index (χ3v) is 17.9. The fourth-order valence-electron chi connectivity index (χ4n) is 12.3. The van der Waals surface area contributed by atoms with Gasteiger partial charge in [-0.2, -0.15) is 0 Å². The van der Waals surface area contributed by atoms with Gasteiger partial charge in [0.15, 0.2) is 17.3 Å². The number of hydrogen-bond donors (Lipinski definition) is 5. The van der Waals surface area contributed by atoms with Gasteiger partial charge >= 0.3 is 6.09 Å². The van der Waals surface area contributed by atoms with Crippen LogP contribution < -0.4 is 40.4 Å². The summed E-state index contributed by atoms with van der Waals surface area (Å²) < 4.78 is 41.6. The number of H-pyrrole nitrogens is 1. The summed E-state index contributed by atoms with van der Waals surface area (Å²) in [6.45, 7) is 10.7. The first-order chi connectivity index (χ1) is 45.2. The van der Waals surface area contributed by atoms with Crippen LogP contribution in [0.5, 0.6) is 17.2 Å². The van der Waals surface area contributed by atoms with Crippen molar-refractivity contribution in [1.82, 2.24) is 30.7 Å². The lowest BCUT2D eigenvalue weighted by Crippen LogP contribution is -2.45. The van der Waals surface area contributed by atoms with Crippen molar-refractivity contribution < 1.29 is 66.7 Å². The second-order valence-electron chi connectivity index (χ2n) is 24.2. The standard InChI is InChI=1S/C70H83ClN8O14/c1-46(2)65(76-69(86)92-44-47-10-5-4-6-11-47)57(80)21-25-72-51-17-15-48(16-18-51)66(67(84)74-27-34-89-37-36-88-33-26-73-61(81)14-9-28-78-62(82)19-20-63(78)83)93-58-41-56-64(53-13-8-7-12-52(53)58)50(42-71)43-79(56)68(85)55-38-49-39-60(59(87-3)40-54(49)75-55)91-35-31-77-29-22-70(23-30-77)24-32-90-45-70/h4-8,10-13,15-20,38-41,46,50,65-66,72,75H,9,14,21-37,42-45H2,1-3H3,(H,73,81)(H,74,84)(H,76,86)/t50-,65+,66?/m1/s1. The van der Waals surface area contributed by atoms with Crippen LogP contribution >= 0.6 is 11.6 Å². The van der Waals surface area contributed by atoms with E-state index in [2.05, 4.69) is 31.2 Å². The number of rotatable bonds is 33. The summed E-state index contributed by atoms with van der Waals surface area (Å²) in [7, 11) is 1.60. The van der Waals surface area contributed by atoms with Crippen LogP contribution in [-0.4, -0.2) is 174 Å². The van der Waals surface area contributed by atoms with Gasteiger partial charge in [0.25, 0.3) is 23.6 Å². The molecule has 0 bridgehead atoms. The largest absolute Gasteiger partial charge is 0.493 e. The van der Waals surface area contributed by atoms with E-state index in [1.54, 1.807) is 36.3 Å². The zero-order valence-electron chi connectivity index (χ0n) is 53.0. The van der Waals surface area contributed by atoms with Crippen molar-refractivity contribution in [3.8, 4) is 17.2 Å². The van der Waals surface area contributed by atoms with Crippen LogP contribution in [0.4, 0.5) is 16.2 Å². The minimum absolute atomic E-state index is 0.0736. The Morgan fingerprint density at radius 2 is 1.48 bits per heavy atom. The van der Waals surface area contributed by atoms with E-state index < -0.39 is 24.1 Å². The molecule has 5 heterocycles. The van der Waals surface area contributed by atoms with E-state index in [0.717, 1.165) is 78.9 Å². The molecule has 6 amide bonds. The van der Waals surface area contributed by atoms with Crippen LogP contribution in [0.1, 0.15) is 91.6 Å². The Bertz CT molecular complexity index is 3600. The quantitative estimate of drug-likeness (QED) is 0.0147. The van der Waals surface area contributed by atoms with E-state index in [0.29, 0.717) is 69.2 Å². The number of halogens is 1. The molecule has 4 aliphatic rings. The predicted molar refractivity (Wildman–Crippen MR) is 352 cm³/mol. The van der Waals surface area contributed by atoms with Crippen molar-refractivity contribution in [2.45, 2.75) is 77.0 Å². The van der Waals surface area contributed by atoms with Crippen LogP contribution in [0.25, 0.3) is 21.7 Å². The molecule has 0 aliphatic carbocycles. The van der Waals surface area contributed by atoms with Gasteiger partial charge in [0.05, 0.1) is 51.9 Å². The first-order valence-electron chi connectivity index (χ1n) is 32.0. The lowest BCUT2D eigenvalue weighted by atomic mass is 9.78. The van der Waals surface area contributed by atoms with Crippen LogP contribution in [0.2, 0.25) is 0 Å². The molecule has 5 aromatic carbocycles. The molecular weight excluding hydrogens is 1210 g/mol. The predicted octanol–water partition coefficient (Wildman–Crippen LogP) is 8.61. The average Bonchev–Trinajstić information content (AvgIpc) is 1.67. The molecule has 6 aromatic rings. The normalized spacial score (nSPS) is 16.6. The average molecular weight is 1300 g/mol. The fraction of sp³-hybridized carbons (Fsp3) is 0.443. The van der Waals surface area contributed by atoms with Gasteiger partial charge in [0.2, 0.25) is 12.0 Å². The molecule has 4 aliphatic heterocycles. The molecule has 0 saturated carbocycles. The summed E-state index contributed by atoms with van der Waals surface area (Å²) in [6, 6.07) is 30.7. The van der Waals surface area contributed by atoms with Gasteiger partial charge < -0.3 is 64.3 Å². The number of fused-ring (bicyclic) bond motifs is 4. The number of methoxy groups -OCH3 is 1. The number of nitrogens with zero attached hydrogens (tertiary/aromatic N) is 3. The van der Waals surface area contributed by atoms with Gasteiger partial charge in [-0.1, -0.05) is 80.6 Å². The number of alkyl halides is 1. The Balaban J connectivity index is 0.798. The summed E-state index contributed by atoms with van der Waals surface area (Å²) in [6.07, 6.45) is 4.53. The Morgan fingerprint density at radius 1 is 0.763 bits per heavy atom. The number of aromatic amines is 1. The number of Topliss-reactive ketones (excluding diaryl/α,β-unsaturated/α-hetero) is 1. The number of amides is 6. The van der Waals surface area contributed by atoms with Crippen LogP contribution in [0.15, 0.2) is 115 Å². The van der Waals surface area contributed by atoms with Crippen molar-refractivity contribution in [2.75, 3.05) is 122 Å². The number of alkyl carbamates (subject to hydrolysis) is 1. The summed E-state index contributed by atoms with van der Waals surface area (Å²) in [5.41, 5.74) is 4.86. The smallest absolute Gasteiger partial charge is 0.408 e. The number of aromatic nitrogens is 1. The number of carbonyl (C=O) groups is 7. The zero-order chi connectivity index (χ0) is 65.3. The highest BCUT2D eigenvalue weighted by molar-refractivity contribution is 6.19. The second-order valence-corrected chi connectivity index (χ2v) is 24.5. The maximum absolute atomic E-state index is 15.0. The van der Waals surface area contributed by atoms with Crippen molar-refractivity contribution in [3.63, 3.8) is 0 Å². The molecule has 22 nitrogen and oxygen atoms in total. The summed E-state index contributed by atoms with van der Waals surface area (Å²) >= 11 is 6.76. The first kappa shape index (κ1) is 67.4. The van der Waals surface area contributed by atoms with Crippen molar-refractivity contribution in [2.24, 2.45) is 11.3 Å². The third kappa shape index (κ3) is 17.4. The Kier molecular flexibility index (Phi) is 23.4. The number of ketones is 1. The molecule has 1 aromatic heterocycles. The zero-order valence-corrected chi connectivity index (χ0v) is 53.7. The SMILES string of the molecule is COc1cc2[nH]c(C(=O)N3C[C@@H](CCl)c4c3cc(OC(C(=O)NCCOCCOCCNC(=O)CCCN3C(=O)C=CC3=O)c3ccc(NCCC(=O)[C@@H](NC(=O)OCc5ccccc5)C(C)C)cc3)c3ccccc43)cc2cc1OCCN1CCC2(CCOC2)CC1. The van der Waals surface area contributed by atoms with E-state index in [9.17, 15) is 33.6 Å². The van der Waals surface area contributed by atoms with Gasteiger partial charge in [0.1, 0.15) is 24.7 Å². The van der Waals surface area contributed by atoms with Crippen LogP contribution in [0, 0.1) is 11.3 Å². The number of imide groups is 1. The summed E-state index contributed by atoms with van der Waals surface area (Å²) in [4.78, 5) is 100. The number of nitrogens with one attached hydrogen (secondary N) is 5. The minimum atomic E-state index is -1.21. The van der Waals surface area contributed by atoms with Crippen molar-refractivity contribution in [3.05, 3.63) is 138 Å². The number of anilines is 2. The van der Waals surface area contributed by atoms with Gasteiger partial charge in [-0.05, 0) is 90.9 Å². The lowest BCUT2D eigenvalue weighted by Gasteiger charge is -2.38. The number of carbonyl (C=O) groups excluding carboxylic acids is 7. The highest BCUT2D eigenvalue weighted by Crippen LogP contribution is 2.47. The van der Waals surface area contributed by atoms with Gasteiger partial charge in [-0.25, -0.2) is 4.79 Å². The highest BCUT2D eigenvalue weighted by atomic mass is 35.5. The molecule has 3 atom stereocenters. The maximum atomic E-state index is 15.0. The monoisotopic (exact) mass is 1290 g/mol. The van der Waals surface area contributed by atoms with Gasteiger partial charge in [-0.3, -0.25) is 38.6 Å². The number of likely N-dealkylation sites (tertiary alicyclic amines) is 1. The molecule has 494 valence electrons. The molecule has 5 N–H and O–H groups in total. The lowest BCUT2D eigenvalue weighted by molar-refractivity contribution is -0.137. The Hall–Kier alpha value is -8.54. The number of hydrogen-bond acceptors (Lipinski definition) is 16. The number of piperidine rings is 1. The molecular formula is C70H83ClN8O14. The highest BCUT2D eigenvalue weighted by Gasteiger charge is 2.39. The summed E-state index contributed by atoms with van der Waals surface area (Å²) in [5, 5.41) is 14.1. The maximum Gasteiger partial charge on any atom is 0.408 e. The molecule has 10 rings (SSSR count). The molecule has 93 heavy (non-hydrogen) atoms. The second kappa shape index (κ2) is 32.3. The summed E-state index contributed by atoms with van der Waals surface area (Å²) in [5.74, 6) is -0.612. The van der Waals surface area contributed by atoms with E-state index >= 15 is 0 Å². The van der Waals surface area contributed by atoms with E-state index in [1.165, 1.54) is 12.2 Å².